The molecule has 0 spiro atoms. The molecule has 0 saturated carbocycles. The maximum absolute atomic E-state index is 12.4. The fourth-order valence-electron chi connectivity index (χ4n) is 3.00. The predicted octanol–water partition coefficient (Wildman–Crippen LogP) is 4.50. The summed E-state index contributed by atoms with van der Waals surface area (Å²) in [5.41, 5.74) is 6.20. The predicted molar refractivity (Wildman–Crippen MR) is 125 cm³/mol. The number of benzene rings is 4. The molecule has 0 aromatic heterocycles. The molecule has 0 bridgehead atoms. The molecule has 7 heteroatoms. The first-order valence-corrected chi connectivity index (χ1v) is 12.8. The second-order valence-electron chi connectivity index (χ2n) is 6.76. The minimum Gasteiger partial charge on any atom is -0.326 e. The van der Waals surface area contributed by atoms with E-state index in [9.17, 15) is 16.8 Å². The molecular formula is C25H23NO4S2. The summed E-state index contributed by atoms with van der Waals surface area (Å²) in [5, 5.41) is 0. The van der Waals surface area contributed by atoms with Crippen LogP contribution in [0.1, 0.15) is 5.56 Å². The molecule has 0 atom stereocenters. The quantitative estimate of drug-likeness (QED) is 0.468. The topological polar surface area (TPSA) is 94.3 Å². The first kappa shape index (κ1) is 23.4. The fourth-order valence-corrected chi connectivity index (χ4v) is 5.82. The van der Waals surface area contributed by atoms with E-state index in [0.717, 1.165) is 0 Å². The van der Waals surface area contributed by atoms with E-state index >= 15 is 0 Å². The Morgan fingerprint density at radius 3 is 1.22 bits per heavy atom. The van der Waals surface area contributed by atoms with Crippen LogP contribution in [-0.4, -0.2) is 16.8 Å². The second kappa shape index (κ2) is 10.4. The Morgan fingerprint density at radius 1 is 0.469 bits per heavy atom. The van der Waals surface area contributed by atoms with Crippen molar-refractivity contribution in [2.75, 3.05) is 0 Å². The summed E-state index contributed by atoms with van der Waals surface area (Å²) < 4.78 is 48.8. The molecule has 0 unspecified atom stereocenters. The van der Waals surface area contributed by atoms with Gasteiger partial charge < -0.3 is 5.73 Å². The third-order valence-corrected chi connectivity index (χ3v) is 8.30. The maximum atomic E-state index is 12.4. The Labute approximate surface area is 189 Å². The van der Waals surface area contributed by atoms with Crippen molar-refractivity contribution in [2.45, 2.75) is 26.1 Å². The molecule has 0 amide bonds. The summed E-state index contributed by atoms with van der Waals surface area (Å²) >= 11 is 0. The number of rotatable bonds is 5. The highest BCUT2D eigenvalue weighted by atomic mass is 32.2. The molecule has 0 fully saturated rings. The van der Waals surface area contributed by atoms with Crippen LogP contribution >= 0.6 is 0 Å². The monoisotopic (exact) mass is 465 g/mol. The zero-order valence-corrected chi connectivity index (χ0v) is 18.8. The number of nitrogens with two attached hydrogens (primary N) is 1. The van der Waals surface area contributed by atoms with Crippen LogP contribution in [0.4, 0.5) is 0 Å². The third-order valence-electron chi connectivity index (χ3n) is 4.64. The van der Waals surface area contributed by atoms with Gasteiger partial charge in [0.15, 0.2) is 0 Å². The molecular weight excluding hydrogens is 442 g/mol. The highest BCUT2D eigenvalue weighted by Gasteiger charge is 2.19. The average molecular weight is 466 g/mol. The third kappa shape index (κ3) is 5.31. The first-order chi connectivity index (χ1) is 15.4. The van der Waals surface area contributed by atoms with Gasteiger partial charge in [0.2, 0.25) is 19.7 Å². The highest BCUT2D eigenvalue weighted by Crippen LogP contribution is 2.23. The molecule has 4 aromatic carbocycles. The van der Waals surface area contributed by atoms with Gasteiger partial charge in [0.25, 0.3) is 0 Å². The van der Waals surface area contributed by atoms with Crippen molar-refractivity contribution in [3.05, 3.63) is 121 Å². The van der Waals surface area contributed by atoms with Crippen LogP contribution in [0.25, 0.3) is 0 Å². The van der Waals surface area contributed by atoms with Crippen LogP contribution < -0.4 is 5.73 Å². The number of hydrogen-bond acceptors (Lipinski definition) is 5. The lowest BCUT2D eigenvalue weighted by Crippen LogP contribution is -2.08. The van der Waals surface area contributed by atoms with E-state index in [-0.39, 0.29) is 11.4 Å². The summed E-state index contributed by atoms with van der Waals surface area (Å²) in [5.74, 6) is 0. The van der Waals surface area contributed by atoms with Crippen LogP contribution in [0.5, 0.6) is 0 Å². The van der Waals surface area contributed by atoms with Crippen LogP contribution in [-0.2, 0) is 26.2 Å². The van der Waals surface area contributed by atoms with Gasteiger partial charge in [-0.2, -0.15) is 0 Å². The minimum atomic E-state index is -3.46. The van der Waals surface area contributed by atoms with Gasteiger partial charge >= 0.3 is 0 Å². The SMILES string of the molecule is NCc1ccccc1S(=O)(=O)c1ccccc1.O=S(=O)(c1ccccc1)c1ccccc1. The van der Waals surface area contributed by atoms with Crippen LogP contribution in [0.3, 0.4) is 0 Å². The van der Waals surface area contributed by atoms with Gasteiger partial charge in [0.1, 0.15) is 0 Å². The molecule has 0 aliphatic rings. The minimum absolute atomic E-state index is 0.211. The van der Waals surface area contributed by atoms with E-state index in [1.54, 1.807) is 115 Å². The van der Waals surface area contributed by atoms with E-state index in [1.165, 1.54) is 0 Å². The highest BCUT2D eigenvalue weighted by molar-refractivity contribution is 7.91. The smallest absolute Gasteiger partial charge is 0.206 e. The summed E-state index contributed by atoms with van der Waals surface area (Å²) in [4.78, 5) is 1.24. The molecule has 4 rings (SSSR count). The summed E-state index contributed by atoms with van der Waals surface area (Å²) in [6, 6.07) is 32.0. The average Bonchev–Trinajstić information content (AvgIpc) is 2.86. The van der Waals surface area contributed by atoms with Crippen LogP contribution in [0.15, 0.2) is 135 Å². The zero-order valence-electron chi connectivity index (χ0n) is 17.2. The standard InChI is InChI=1S/C13H13NO2S.C12H10O2S/c14-10-11-6-4-5-9-13(11)17(15,16)12-7-2-1-3-8-12;13-15(14,11-7-3-1-4-8-11)12-9-5-2-6-10-12/h1-9H,10,14H2;1-10H. The van der Waals surface area contributed by atoms with Crippen molar-refractivity contribution in [2.24, 2.45) is 5.73 Å². The molecule has 32 heavy (non-hydrogen) atoms. The van der Waals surface area contributed by atoms with Crippen molar-refractivity contribution in [3.63, 3.8) is 0 Å². The van der Waals surface area contributed by atoms with Crippen molar-refractivity contribution in [1.82, 2.24) is 0 Å². The molecule has 0 heterocycles. The van der Waals surface area contributed by atoms with Gasteiger partial charge in [0, 0.05) is 6.54 Å². The van der Waals surface area contributed by atoms with E-state index in [0.29, 0.717) is 20.2 Å². The Balaban J connectivity index is 0.000000182. The van der Waals surface area contributed by atoms with E-state index in [1.807, 2.05) is 0 Å². The van der Waals surface area contributed by atoms with E-state index in [4.69, 9.17) is 5.73 Å². The molecule has 0 aliphatic heterocycles. The molecule has 4 aromatic rings. The van der Waals surface area contributed by atoms with Crippen LogP contribution in [0, 0.1) is 0 Å². The van der Waals surface area contributed by atoms with Gasteiger partial charge in [-0.3, -0.25) is 0 Å². The first-order valence-electron chi connectivity index (χ1n) is 9.80. The molecule has 0 radical (unpaired) electrons. The molecule has 2 N–H and O–H groups in total. The Bertz CT molecular complexity index is 1310. The van der Waals surface area contributed by atoms with Gasteiger partial charge in [-0.25, -0.2) is 16.8 Å². The van der Waals surface area contributed by atoms with E-state index < -0.39 is 19.7 Å². The van der Waals surface area contributed by atoms with Gasteiger partial charge in [-0.05, 0) is 48.0 Å². The Hall–Kier alpha value is -3.26. The fraction of sp³-hybridized carbons (Fsp3) is 0.0400. The molecule has 5 nitrogen and oxygen atoms in total. The van der Waals surface area contributed by atoms with Gasteiger partial charge in [0.05, 0.1) is 19.6 Å². The lowest BCUT2D eigenvalue weighted by Gasteiger charge is -2.08. The molecule has 0 aliphatic carbocycles. The number of sulfone groups is 2. The van der Waals surface area contributed by atoms with Gasteiger partial charge in [-0.1, -0.05) is 72.8 Å². The Morgan fingerprint density at radius 2 is 0.812 bits per heavy atom. The second-order valence-corrected chi connectivity index (χ2v) is 10.6. The summed E-state index contributed by atoms with van der Waals surface area (Å²) in [6.07, 6.45) is 0. The maximum Gasteiger partial charge on any atom is 0.206 e. The lowest BCUT2D eigenvalue weighted by atomic mass is 10.2. The Kier molecular flexibility index (Phi) is 7.58. The normalized spacial score (nSPS) is 11.3. The lowest BCUT2D eigenvalue weighted by molar-refractivity contribution is 0.593. The van der Waals surface area contributed by atoms with Crippen molar-refractivity contribution in [3.8, 4) is 0 Å². The van der Waals surface area contributed by atoms with Crippen molar-refractivity contribution >= 4 is 19.7 Å². The van der Waals surface area contributed by atoms with E-state index in [2.05, 4.69) is 0 Å². The molecule has 164 valence electrons. The number of hydrogen-bond donors (Lipinski definition) is 1. The summed E-state index contributed by atoms with van der Waals surface area (Å²) in [7, 11) is -6.80. The summed E-state index contributed by atoms with van der Waals surface area (Å²) in [6.45, 7) is 0.211. The largest absolute Gasteiger partial charge is 0.326 e. The molecule has 0 saturated heterocycles. The zero-order chi connectivity index (χ0) is 23.0. The van der Waals surface area contributed by atoms with Gasteiger partial charge in [-0.15, -0.1) is 0 Å². The van der Waals surface area contributed by atoms with Crippen molar-refractivity contribution < 1.29 is 16.8 Å². The van der Waals surface area contributed by atoms with Crippen LogP contribution in [0.2, 0.25) is 0 Å². The van der Waals surface area contributed by atoms with Crippen molar-refractivity contribution in [1.29, 1.82) is 0 Å².